The molecule has 1 saturated carbocycles. The Balaban J connectivity index is 2.03. The van der Waals surface area contributed by atoms with E-state index in [-0.39, 0.29) is 5.56 Å². The van der Waals surface area contributed by atoms with Gasteiger partial charge in [0.15, 0.2) is 0 Å². The van der Waals surface area contributed by atoms with Gasteiger partial charge in [-0.1, -0.05) is 6.92 Å². The van der Waals surface area contributed by atoms with Crippen LogP contribution in [-0.4, -0.2) is 23.8 Å². The quantitative estimate of drug-likeness (QED) is 0.774. The van der Waals surface area contributed by atoms with Gasteiger partial charge >= 0.3 is 0 Å². The summed E-state index contributed by atoms with van der Waals surface area (Å²) in [5, 5.41) is 6.14. The van der Waals surface area contributed by atoms with Gasteiger partial charge in [-0.2, -0.15) is 5.10 Å². The molecule has 76 valence electrons. The van der Waals surface area contributed by atoms with Crippen LogP contribution in [0.5, 0.6) is 0 Å². The van der Waals surface area contributed by atoms with Gasteiger partial charge in [0.05, 0.1) is 11.9 Å². The molecule has 1 aliphatic rings. The van der Waals surface area contributed by atoms with Gasteiger partial charge in [-0.15, -0.1) is 0 Å². The van der Waals surface area contributed by atoms with E-state index in [9.17, 15) is 4.79 Å². The second-order valence-electron chi connectivity index (χ2n) is 4.16. The van der Waals surface area contributed by atoms with Crippen molar-refractivity contribution in [2.75, 3.05) is 18.5 Å². The van der Waals surface area contributed by atoms with E-state index in [4.69, 9.17) is 0 Å². The molecule has 2 atom stereocenters. The molecular formula is C10H15N3O. The fraction of sp³-hybridized carbons (Fsp3) is 0.600. The van der Waals surface area contributed by atoms with E-state index in [2.05, 4.69) is 22.0 Å². The van der Waals surface area contributed by atoms with Crippen LogP contribution in [0.25, 0.3) is 0 Å². The Morgan fingerprint density at radius 3 is 3.00 bits per heavy atom. The van der Waals surface area contributed by atoms with E-state index in [0.717, 1.165) is 24.1 Å². The minimum atomic E-state index is -0.141. The van der Waals surface area contributed by atoms with Gasteiger partial charge in [0.25, 0.3) is 5.56 Å². The summed E-state index contributed by atoms with van der Waals surface area (Å²) in [6, 6.07) is 1.58. The Morgan fingerprint density at radius 2 is 2.43 bits per heavy atom. The molecule has 0 amide bonds. The number of aromatic nitrogens is 2. The van der Waals surface area contributed by atoms with Crippen molar-refractivity contribution in [1.29, 1.82) is 0 Å². The number of hydrogen-bond acceptors (Lipinski definition) is 3. The van der Waals surface area contributed by atoms with Crippen LogP contribution in [0.4, 0.5) is 5.69 Å². The number of H-pyrrole nitrogens is 1. The van der Waals surface area contributed by atoms with Gasteiger partial charge in [-0.3, -0.25) is 4.79 Å². The third-order valence-corrected chi connectivity index (χ3v) is 2.88. The van der Waals surface area contributed by atoms with Crippen LogP contribution >= 0.6 is 0 Å². The normalized spacial score (nSPS) is 24.7. The fourth-order valence-electron chi connectivity index (χ4n) is 1.69. The number of aromatic amines is 1. The van der Waals surface area contributed by atoms with Crippen molar-refractivity contribution in [1.82, 2.24) is 10.2 Å². The molecule has 0 bridgehead atoms. The Labute approximate surface area is 82.9 Å². The lowest BCUT2D eigenvalue weighted by molar-refractivity contribution is 0.722. The van der Waals surface area contributed by atoms with Crippen LogP contribution in [0.1, 0.15) is 13.3 Å². The molecule has 0 saturated heterocycles. The predicted molar refractivity (Wildman–Crippen MR) is 55.4 cm³/mol. The molecule has 1 aliphatic carbocycles. The molecule has 1 fully saturated rings. The molecule has 1 aromatic heterocycles. The summed E-state index contributed by atoms with van der Waals surface area (Å²) in [6.45, 7) is 3.28. The molecule has 1 N–H and O–H groups in total. The van der Waals surface area contributed by atoms with Crippen molar-refractivity contribution in [2.24, 2.45) is 11.8 Å². The maximum atomic E-state index is 11.0. The topological polar surface area (TPSA) is 49.0 Å². The Kier molecular flexibility index (Phi) is 2.27. The summed E-state index contributed by atoms with van der Waals surface area (Å²) in [7, 11) is 2.00. The Morgan fingerprint density at radius 1 is 1.71 bits per heavy atom. The van der Waals surface area contributed by atoms with Crippen molar-refractivity contribution >= 4 is 5.69 Å². The minimum absolute atomic E-state index is 0.141. The van der Waals surface area contributed by atoms with E-state index in [0.29, 0.717) is 0 Å². The van der Waals surface area contributed by atoms with Crippen LogP contribution in [-0.2, 0) is 0 Å². The van der Waals surface area contributed by atoms with Crippen molar-refractivity contribution in [3.8, 4) is 0 Å². The Hall–Kier alpha value is -1.32. The third kappa shape index (κ3) is 1.95. The molecule has 1 heterocycles. The van der Waals surface area contributed by atoms with Crippen LogP contribution in [0.2, 0.25) is 0 Å². The van der Waals surface area contributed by atoms with Crippen molar-refractivity contribution in [3.63, 3.8) is 0 Å². The second kappa shape index (κ2) is 3.44. The molecule has 0 aromatic carbocycles. The first-order chi connectivity index (χ1) is 6.66. The molecular weight excluding hydrogens is 178 g/mol. The van der Waals surface area contributed by atoms with Gasteiger partial charge in [-0.05, 0) is 18.3 Å². The molecule has 1 aromatic rings. The van der Waals surface area contributed by atoms with E-state index >= 15 is 0 Å². The lowest BCUT2D eigenvalue weighted by Gasteiger charge is -2.17. The van der Waals surface area contributed by atoms with Crippen LogP contribution in [0, 0.1) is 11.8 Å². The number of nitrogens with one attached hydrogen (secondary N) is 1. The molecule has 4 heteroatoms. The summed E-state index contributed by atoms with van der Waals surface area (Å²) in [4.78, 5) is 13.1. The number of nitrogens with zero attached hydrogens (tertiary/aromatic N) is 2. The third-order valence-electron chi connectivity index (χ3n) is 2.88. The summed E-state index contributed by atoms with van der Waals surface area (Å²) < 4.78 is 0. The smallest absolute Gasteiger partial charge is 0.266 e. The monoisotopic (exact) mass is 193 g/mol. The number of hydrogen-bond donors (Lipinski definition) is 1. The molecule has 0 aliphatic heterocycles. The predicted octanol–water partition coefficient (Wildman–Crippen LogP) is 0.862. The van der Waals surface area contributed by atoms with Gasteiger partial charge in [0, 0.05) is 19.7 Å². The van der Waals surface area contributed by atoms with Gasteiger partial charge in [-0.25, -0.2) is 5.10 Å². The standard InChI is InChI=1S/C10H15N3O/c1-7-3-8(7)6-13(2)9-4-10(14)12-11-5-9/h4-5,7-8H,3,6H2,1-2H3,(H,12,14). The highest BCUT2D eigenvalue weighted by molar-refractivity contribution is 5.41. The highest BCUT2D eigenvalue weighted by Gasteiger charge is 2.33. The van der Waals surface area contributed by atoms with Gasteiger partial charge < -0.3 is 4.90 Å². The molecule has 2 unspecified atom stereocenters. The van der Waals surface area contributed by atoms with Crippen molar-refractivity contribution < 1.29 is 0 Å². The maximum Gasteiger partial charge on any atom is 0.266 e. The summed E-state index contributed by atoms with van der Waals surface area (Å²) in [5.41, 5.74) is 0.756. The SMILES string of the molecule is CC1CC1CN(C)c1cn[nH]c(=O)c1. The molecule has 14 heavy (non-hydrogen) atoms. The lowest BCUT2D eigenvalue weighted by atomic mass is 10.3. The highest BCUT2D eigenvalue weighted by atomic mass is 16.1. The minimum Gasteiger partial charge on any atom is -0.373 e. The van der Waals surface area contributed by atoms with E-state index in [1.165, 1.54) is 6.42 Å². The molecule has 4 nitrogen and oxygen atoms in total. The van der Waals surface area contributed by atoms with Crippen molar-refractivity contribution in [2.45, 2.75) is 13.3 Å². The first kappa shape index (κ1) is 9.24. The molecule has 2 rings (SSSR count). The van der Waals surface area contributed by atoms with Gasteiger partial charge in [0.2, 0.25) is 0 Å². The average molecular weight is 193 g/mol. The van der Waals surface area contributed by atoms with E-state index < -0.39 is 0 Å². The maximum absolute atomic E-state index is 11.0. The number of rotatable bonds is 3. The first-order valence-corrected chi connectivity index (χ1v) is 4.92. The van der Waals surface area contributed by atoms with Gasteiger partial charge in [0.1, 0.15) is 0 Å². The van der Waals surface area contributed by atoms with Crippen LogP contribution in [0.15, 0.2) is 17.1 Å². The van der Waals surface area contributed by atoms with Crippen molar-refractivity contribution in [3.05, 3.63) is 22.6 Å². The lowest BCUT2D eigenvalue weighted by Crippen LogP contribution is -2.22. The molecule has 0 spiro atoms. The van der Waals surface area contributed by atoms with E-state index in [1.54, 1.807) is 12.3 Å². The average Bonchev–Trinajstić information content (AvgIpc) is 2.81. The summed E-state index contributed by atoms with van der Waals surface area (Å²) in [5.74, 6) is 1.63. The molecule has 0 radical (unpaired) electrons. The zero-order valence-electron chi connectivity index (χ0n) is 8.53. The van der Waals surface area contributed by atoms with Crippen LogP contribution in [0.3, 0.4) is 0 Å². The zero-order chi connectivity index (χ0) is 10.1. The van der Waals surface area contributed by atoms with Crippen LogP contribution < -0.4 is 10.5 Å². The van der Waals surface area contributed by atoms with E-state index in [1.807, 2.05) is 7.05 Å². The first-order valence-electron chi connectivity index (χ1n) is 4.92. The fourth-order valence-corrected chi connectivity index (χ4v) is 1.69. The summed E-state index contributed by atoms with van der Waals surface area (Å²) >= 11 is 0. The Bertz CT molecular complexity index is 374. The zero-order valence-corrected chi connectivity index (χ0v) is 8.53. The highest BCUT2D eigenvalue weighted by Crippen LogP contribution is 2.38. The largest absolute Gasteiger partial charge is 0.373 e. The number of anilines is 1. The summed E-state index contributed by atoms with van der Waals surface area (Å²) in [6.07, 6.45) is 3.00. The second-order valence-corrected chi connectivity index (χ2v) is 4.16.